The summed E-state index contributed by atoms with van der Waals surface area (Å²) in [5.41, 5.74) is 0.286. The van der Waals surface area contributed by atoms with Crippen molar-refractivity contribution in [3.63, 3.8) is 0 Å². The molecule has 1 aliphatic heterocycles. The van der Waals surface area contributed by atoms with E-state index < -0.39 is 5.82 Å². The van der Waals surface area contributed by atoms with Crippen LogP contribution in [-0.2, 0) is 6.54 Å². The highest BCUT2D eigenvalue weighted by Gasteiger charge is 2.16. The van der Waals surface area contributed by atoms with Crippen molar-refractivity contribution in [3.05, 3.63) is 28.5 Å². The molecule has 5 heteroatoms. The van der Waals surface area contributed by atoms with Crippen LogP contribution in [0.3, 0.4) is 0 Å². The molecule has 0 aliphatic carbocycles. The van der Waals surface area contributed by atoms with E-state index in [1.54, 1.807) is 0 Å². The van der Waals surface area contributed by atoms with Crippen LogP contribution in [0.1, 0.15) is 5.56 Å². The molecule has 0 aromatic heterocycles. The standard InChI is InChI=1S/C11H14ClFN2O/c12-9-1-2-10(13)8(11(9)16)7-15-5-3-14-4-6-15/h1-2,14,16H,3-7H2. The van der Waals surface area contributed by atoms with Gasteiger partial charge in [-0.2, -0.15) is 0 Å². The van der Waals surface area contributed by atoms with E-state index in [2.05, 4.69) is 10.2 Å². The number of hydrogen-bond donors (Lipinski definition) is 2. The molecule has 2 rings (SSSR count). The fourth-order valence-corrected chi connectivity index (χ4v) is 2.00. The van der Waals surface area contributed by atoms with Crippen molar-refractivity contribution in [1.82, 2.24) is 10.2 Å². The Balaban J connectivity index is 2.16. The Bertz CT molecular complexity index is 380. The average Bonchev–Trinajstić information content (AvgIpc) is 2.31. The van der Waals surface area contributed by atoms with Gasteiger partial charge in [0.05, 0.1) is 5.02 Å². The van der Waals surface area contributed by atoms with Crippen LogP contribution < -0.4 is 5.32 Å². The molecule has 16 heavy (non-hydrogen) atoms. The van der Waals surface area contributed by atoms with Crippen molar-refractivity contribution >= 4 is 11.6 Å². The molecule has 1 aliphatic rings. The third-order valence-electron chi connectivity index (χ3n) is 2.77. The average molecular weight is 245 g/mol. The van der Waals surface area contributed by atoms with E-state index in [1.807, 2.05) is 0 Å². The molecule has 0 atom stereocenters. The quantitative estimate of drug-likeness (QED) is 0.830. The van der Waals surface area contributed by atoms with E-state index >= 15 is 0 Å². The normalized spacial score (nSPS) is 17.6. The molecular weight excluding hydrogens is 231 g/mol. The van der Waals surface area contributed by atoms with E-state index in [4.69, 9.17) is 11.6 Å². The van der Waals surface area contributed by atoms with Crippen LogP contribution in [0.2, 0.25) is 5.02 Å². The maximum Gasteiger partial charge on any atom is 0.141 e. The maximum atomic E-state index is 13.5. The molecule has 0 unspecified atom stereocenters. The lowest BCUT2D eigenvalue weighted by molar-refractivity contribution is 0.227. The molecule has 1 aromatic carbocycles. The number of benzene rings is 1. The summed E-state index contributed by atoms with van der Waals surface area (Å²) in [6.45, 7) is 3.89. The van der Waals surface area contributed by atoms with Gasteiger partial charge in [-0.3, -0.25) is 4.90 Å². The fraction of sp³-hybridized carbons (Fsp3) is 0.455. The third-order valence-corrected chi connectivity index (χ3v) is 3.07. The summed E-state index contributed by atoms with van der Waals surface area (Å²) < 4.78 is 13.5. The maximum absolute atomic E-state index is 13.5. The van der Waals surface area contributed by atoms with E-state index in [0.29, 0.717) is 6.54 Å². The van der Waals surface area contributed by atoms with Crippen molar-refractivity contribution in [2.24, 2.45) is 0 Å². The summed E-state index contributed by atoms with van der Waals surface area (Å²) in [4.78, 5) is 2.09. The van der Waals surface area contributed by atoms with Gasteiger partial charge in [0.15, 0.2) is 0 Å². The first-order chi connectivity index (χ1) is 7.68. The molecule has 0 saturated carbocycles. The van der Waals surface area contributed by atoms with Gasteiger partial charge in [0.2, 0.25) is 0 Å². The highest BCUT2D eigenvalue weighted by atomic mass is 35.5. The summed E-state index contributed by atoms with van der Waals surface area (Å²) in [7, 11) is 0. The zero-order valence-corrected chi connectivity index (χ0v) is 9.60. The van der Waals surface area contributed by atoms with E-state index in [-0.39, 0.29) is 16.3 Å². The Morgan fingerprint density at radius 3 is 2.75 bits per heavy atom. The van der Waals surface area contributed by atoms with Crippen molar-refractivity contribution in [2.75, 3.05) is 26.2 Å². The lowest BCUT2D eigenvalue weighted by Crippen LogP contribution is -2.43. The van der Waals surface area contributed by atoms with Crippen molar-refractivity contribution in [3.8, 4) is 5.75 Å². The second-order valence-corrected chi connectivity index (χ2v) is 4.29. The van der Waals surface area contributed by atoms with E-state index in [9.17, 15) is 9.50 Å². The van der Waals surface area contributed by atoms with Crippen molar-refractivity contribution in [2.45, 2.75) is 6.54 Å². The Kier molecular flexibility index (Phi) is 3.63. The van der Waals surface area contributed by atoms with E-state index in [1.165, 1.54) is 12.1 Å². The number of rotatable bonds is 2. The van der Waals surface area contributed by atoms with Gasteiger partial charge >= 0.3 is 0 Å². The Labute approximate surface area is 98.8 Å². The molecular formula is C11H14ClFN2O. The number of piperazine rings is 1. The Morgan fingerprint density at radius 2 is 2.06 bits per heavy atom. The molecule has 0 amide bonds. The number of phenolic OH excluding ortho intramolecular Hbond substituents is 1. The minimum atomic E-state index is -0.402. The molecule has 0 spiro atoms. The smallest absolute Gasteiger partial charge is 0.141 e. The predicted octanol–water partition coefficient (Wildman–Crippen LogP) is 1.59. The van der Waals surface area contributed by atoms with Crippen molar-refractivity contribution < 1.29 is 9.50 Å². The van der Waals surface area contributed by atoms with Gasteiger partial charge in [-0.25, -0.2) is 4.39 Å². The van der Waals surface area contributed by atoms with Crippen LogP contribution in [0, 0.1) is 5.82 Å². The SMILES string of the molecule is Oc1c(Cl)ccc(F)c1CN1CCNCC1. The number of hydrogen-bond acceptors (Lipinski definition) is 3. The lowest BCUT2D eigenvalue weighted by atomic mass is 10.1. The molecule has 0 bridgehead atoms. The largest absolute Gasteiger partial charge is 0.506 e. The van der Waals surface area contributed by atoms with Crippen LogP contribution in [-0.4, -0.2) is 36.2 Å². The zero-order chi connectivity index (χ0) is 11.5. The number of nitrogens with zero attached hydrogens (tertiary/aromatic N) is 1. The molecule has 88 valence electrons. The summed E-state index contributed by atoms with van der Waals surface area (Å²) in [5.74, 6) is -0.541. The van der Waals surface area contributed by atoms with Gasteiger partial charge in [-0.05, 0) is 12.1 Å². The summed E-state index contributed by atoms with van der Waals surface area (Å²) in [6.07, 6.45) is 0. The molecule has 2 N–H and O–H groups in total. The third kappa shape index (κ3) is 2.45. The lowest BCUT2D eigenvalue weighted by Gasteiger charge is -2.27. The monoisotopic (exact) mass is 244 g/mol. The molecule has 1 aromatic rings. The van der Waals surface area contributed by atoms with Crippen LogP contribution in [0.25, 0.3) is 0 Å². The first-order valence-corrected chi connectivity index (χ1v) is 5.65. The van der Waals surface area contributed by atoms with Gasteiger partial charge in [-0.15, -0.1) is 0 Å². The molecule has 1 heterocycles. The summed E-state index contributed by atoms with van der Waals surface area (Å²) in [5, 5.41) is 13.1. The summed E-state index contributed by atoms with van der Waals surface area (Å²) >= 11 is 5.76. The topological polar surface area (TPSA) is 35.5 Å². The number of nitrogens with one attached hydrogen (secondary N) is 1. The Morgan fingerprint density at radius 1 is 1.38 bits per heavy atom. The van der Waals surface area contributed by atoms with Crippen LogP contribution in [0.5, 0.6) is 5.75 Å². The molecule has 1 fully saturated rings. The zero-order valence-electron chi connectivity index (χ0n) is 8.84. The predicted molar refractivity (Wildman–Crippen MR) is 61.2 cm³/mol. The molecule has 1 saturated heterocycles. The van der Waals surface area contributed by atoms with Crippen LogP contribution in [0.4, 0.5) is 4.39 Å². The Hall–Kier alpha value is -0.840. The van der Waals surface area contributed by atoms with Crippen LogP contribution >= 0.6 is 11.6 Å². The number of halogens is 2. The first-order valence-electron chi connectivity index (χ1n) is 5.27. The fourth-order valence-electron chi connectivity index (χ4n) is 1.83. The van der Waals surface area contributed by atoms with Gasteiger partial charge in [0.25, 0.3) is 0 Å². The number of aromatic hydroxyl groups is 1. The van der Waals surface area contributed by atoms with Crippen LogP contribution in [0.15, 0.2) is 12.1 Å². The first kappa shape index (κ1) is 11.6. The summed E-state index contributed by atoms with van der Waals surface area (Å²) in [6, 6.07) is 2.66. The van der Waals surface area contributed by atoms with E-state index in [0.717, 1.165) is 26.2 Å². The van der Waals surface area contributed by atoms with Crippen molar-refractivity contribution in [1.29, 1.82) is 0 Å². The van der Waals surface area contributed by atoms with Gasteiger partial charge in [0.1, 0.15) is 11.6 Å². The highest BCUT2D eigenvalue weighted by molar-refractivity contribution is 6.32. The highest BCUT2D eigenvalue weighted by Crippen LogP contribution is 2.30. The minimum absolute atomic E-state index is 0.139. The van der Waals surface area contributed by atoms with Gasteiger partial charge < -0.3 is 10.4 Å². The second kappa shape index (κ2) is 4.99. The number of phenols is 1. The molecule has 3 nitrogen and oxygen atoms in total. The van der Waals surface area contributed by atoms with Gasteiger partial charge in [-0.1, -0.05) is 11.6 Å². The molecule has 0 radical (unpaired) electrons. The minimum Gasteiger partial charge on any atom is -0.506 e. The second-order valence-electron chi connectivity index (χ2n) is 3.88. The van der Waals surface area contributed by atoms with Gasteiger partial charge in [0, 0.05) is 38.3 Å².